The number of phosphoric ester groups is 2. The van der Waals surface area contributed by atoms with Gasteiger partial charge in [0.1, 0.15) is 25.4 Å². The van der Waals surface area contributed by atoms with Crippen molar-refractivity contribution in [2.75, 3.05) is 39.6 Å². The highest BCUT2D eigenvalue weighted by molar-refractivity contribution is 7.47. The molecule has 0 fully saturated rings. The zero-order valence-corrected chi connectivity index (χ0v) is 68.3. The number of hydrogen-bond acceptors (Lipinski definition) is 14. The topological polar surface area (TPSA) is 231 Å². The summed E-state index contributed by atoms with van der Waals surface area (Å²) in [6.07, 6.45) is 104. The van der Waals surface area contributed by atoms with Crippen molar-refractivity contribution in [3.63, 3.8) is 0 Å². The molecule has 0 aliphatic rings. The molecule has 0 aromatic carbocycles. The number of rotatable bonds is 76. The van der Waals surface area contributed by atoms with Crippen molar-refractivity contribution in [1.82, 2.24) is 0 Å². The van der Waals surface area contributed by atoms with Crippen LogP contribution < -0.4 is 0 Å². The van der Waals surface area contributed by atoms with Gasteiger partial charge in [-0.2, -0.15) is 0 Å². The normalized spacial score (nSPS) is 14.9. The fraction of sp³-hybridized carbons (Fsp3) is 0.629. The Morgan fingerprint density at radius 2 is 0.486 bits per heavy atom. The Balaban J connectivity index is 4.50. The van der Waals surface area contributed by atoms with Crippen molar-refractivity contribution in [2.24, 2.45) is 0 Å². The standard InChI is InChI=1S/C89H146O16P2/c1-4-7-10-13-16-19-22-25-28-31-33-34-35-36-37-38-39-40-41-42-43-44-45-46-47-48-50-53-54-57-60-63-66-69-72-75-87(92)99-78-84(90)79-101-106(95,96)102-80-85(91)81-103-107(97,98)104-83-86(105-89(94)77-74-71-68-65-62-59-56-51-30-27-24-21-18-15-12-9-6-3)82-100-88(93)76-73-70-67-64-61-58-55-52-49-32-29-26-23-20-17-14-11-8-5-2/h7-12,16-21,25-30,33-34,36-37,49,52,56,58-59,61,67,70,84-86,90-91H,4-6,13-15,22-24,31-32,35,38-48,50-51,53-55,57,60,62-66,68-69,71-83H2,1-3H3,(H,95,96)(H,97,98)/b10-7-,11-8-,12-9-,19-16-,20-17-,21-18-,28-25-,29-26-,30-27-,34-33-,37-36-,52-49-,59-56-,61-58-,70-67-. The van der Waals surface area contributed by atoms with Gasteiger partial charge >= 0.3 is 33.6 Å². The van der Waals surface area contributed by atoms with Gasteiger partial charge in [0.25, 0.3) is 0 Å². The largest absolute Gasteiger partial charge is 0.472 e. The number of hydrogen-bond donors (Lipinski definition) is 4. The summed E-state index contributed by atoms with van der Waals surface area (Å²) in [7, 11) is -9.83. The van der Waals surface area contributed by atoms with Crippen LogP contribution in [0.4, 0.5) is 0 Å². The van der Waals surface area contributed by atoms with Crippen LogP contribution in [-0.2, 0) is 55.8 Å². The average Bonchev–Trinajstić information content (AvgIpc) is 0.923. The summed E-state index contributed by atoms with van der Waals surface area (Å²) in [4.78, 5) is 58.6. The van der Waals surface area contributed by atoms with Crippen molar-refractivity contribution < 1.29 is 75.8 Å². The first-order chi connectivity index (χ1) is 52.2. The Bertz CT molecular complexity index is 2670. The molecule has 16 nitrogen and oxygen atoms in total. The highest BCUT2D eigenvalue weighted by Crippen LogP contribution is 2.45. The highest BCUT2D eigenvalue weighted by atomic mass is 31.2. The summed E-state index contributed by atoms with van der Waals surface area (Å²) in [6.45, 7) is 2.21. The number of carbonyl (C=O) groups excluding carboxylic acids is 3. The summed E-state index contributed by atoms with van der Waals surface area (Å²) < 4.78 is 61.1. The molecular weight excluding hydrogens is 1390 g/mol. The third-order valence-electron chi connectivity index (χ3n) is 16.6. The van der Waals surface area contributed by atoms with Crippen LogP contribution in [0.15, 0.2) is 182 Å². The second-order valence-electron chi connectivity index (χ2n) is 26.8. The first kappa shape index (κ1) is 102. The first-order valence-electron chi connectivity index (χ1n) is 41.1. The van der Waals surface area contributed by atoms with E-state index in [2.05, 4.69) is 185 Å². The molecule has 0 aromatic rings. The Morgan fingerprint density at radius 1 is 0.262 bits per heavy atom. The van der Waals surface area contributed by atoms with Gasteiger partial charge in [0.05, 0.1) is 26.4 Å². The lowest BCUT2D eigenvalue weighted by atomic mass is 10.0. The monoisotopic (exact) mass is 1530 g/mol. The molecule has 0 rings (SSSR count). The number of ether oxygens (including phenoxy) is 3. The maximum absolute atomic E-state index is 13.0. The van der Waals surface area contributed by atoms with E-state index in [1.165, 1.54) is 103 Å². The summed E-state index contributed by atoms with van der Waals surface area (Å²) in [6, 6.07) is 0. The fourth-order valence-corrected chi connectivity index (χ4v) is 12.1. The predicted octanol–water partition coefficient (Wildman–Crippen LogP) is 24.5. The molecule has 4 N–H and O–H groups in total. The minimum Gasteiger partial charge on any atom is -0.463 e. The van der Waals surface area contributed by atoms with Crippen LogP contribution in [0.1, 0.15) is 303 Å². The number of unbranched alkanes of at least 4 members (excludes halogenated alkanes) is 23. The van der Waals surface area contributed by atoms with Crippen LogP contribution in [0.25, 0.3) is 0 Å². The maximum Gasteiger partial charge on any atom is 0.472 e. The minimum atomic E-state index is -4.96. The third kappa shape index (κ3) is 81.5. The van der Waals surface area contributed by atoms with E-state index in [-0.39, 0.29) is 19.3 Å². The van der Waals surface area contributed by atoms with E-state index < -0.39 is 91.5 Å². The van der Waals surface area contributed by atoms with E-state index in [4.69, 9.17) is 32.3 Å². The quantitative estimate of drug-likeness (QED) is 0.0146. The smallest absolute Gasteiger partial charge is 0.463 e. The molecule has 0 saturated carbocycles. The summed E-state index contributed by atoms with van der Waals surface area (Å²) >= 11 is 0. The molecule has 18 heteroatoms. The van der Waals surface area contributed by atoms with Gasteiger partial charge in [-0.1, -0.05) is 325 Å². The van der Waals surface area contributed by atoms with Crippen molar-refractivity contribution >= 4 is 33.6 Å². The summed E-state index contributed by atoms with van der Waals surface area (Å²) in [5, 5.41) is 20.7. The van der Waals surface area contributed by atoms with Gasteiger partial charge < -0.3 is 34.2 Å². The molecule has 5 atom stereocenters. The SMILES string of the molecule is CC/C=C\C/C=C\C/C=C\C/C=C\C/C=C\C/C=C\CCC(=O)OCC(COP(=O)(O)OCC(O)COP(=O)(O)OCC(O)COC(=O)CCCCCCCCCCCCCCCCCCCCC/C=C\C/C=C\C/C=C\C/C=C\C/C=C\CC)OC(=O)CCCCCC/C=C\C/C=C\C/C=C\C/C=C\CC. The lowest BCUT2D eigenvalue weighted by molar-refractivity contribution is -0.161. The van der Waals surface area contributed by atoms with Gasteiger partial charge in [0, 0.05) is 19.3 Å². The number of allylic oxidation sites excluding steroid dienone is 30. The predicted molar refractivity (Wildman–Crippen MR) is 445 cm³/mol. The third-order valence-corrected chi connectivity index (χ3v) is 18.5. The number of phosphoric acid groups is 2. The molecule has 0 bridgehead atoms. The molecule has 0 aromatic heterocycles. The number of aliphatic hydroxyl groups excluding tert-OH is 2. The van der Waals surface area contributed by atoms with E-state index in [0.29, 0.717) is 25.7 Å². The molecule has 0 spiro atoms. The molecule has 5 unspecified atom stereocenters. The molecule has 0 heterocycles. The molecule has 0 amide bonds. The second-order valence-corrected chi connectivity index (χ2v) is 29.7. The van der Waals surface area contributed by atoms with Crippen LogP contribution in [0.5, 0.6) is 0 Å². The van der Waals surface area contributed by atoms with Crippen LogP contribution >= 0.6 is 15.6 Å². The van der Waals surface area contributed by atoms with Gasteiger partial charge in [0.2, 0.25) is 0 Å². The van der Waals surface area contributed by atoms with E-state index in [1.54, 1.807) is 0 Å². The maximum atomic E-state index is 13.0. The first-order valence-corrected chi connectivity index (χ1v) is 44.1. The van der Waals surface area contributed by atoms with Crippen LogP contribution in [0.2, 0.25) is 0 Å². The van der Waals surface area contributed by atoms with E-state index in [1.807, 2.05) is 18.2 Å². The van der Waals surface area contributed by atoms with Crippen molar-refractivity contribution in [2.45, 2.75) is 322 Å². The number of esters is 3. The van der Waals surface area contributed by atoms with Crippen LogP contribution in [-0.4, -0.2) is 95.9 Å². The van der Waals surface area contributed by atoms with Crippen LogP contribution in [0.3, 0.4) is 0 Å². The van der Waals surface area contributed by atoms with E-state index in [0.717, 1.165) is 135 Å². The molecule has 0 saturated heterocycles. The molecule has 0 radical (unpaired) electrons. The summed E-state index contributed by atoms with van der Waals surface area (Å²) in [5.74, 6) is -1.71. The molecule has 0 aliphatic heterocycles. The zero-order chi connectivity index (χ0) is 78.0. The highest BCUT2D eigenvalue weighted by Gasteiger charge is 2.29. The Morgan fingerprint density at radius 3 is 0.794 bits per heavy atom. The molecular formula is C89H146O16P2. The van der Waals surface area contributed by atoms with Crippen molar-refractivity contribution in [3.05, 3.63) is 182 Å². The Labute approximate surface area is 649 Å². The average molecular weight is 1530 g/mol. The number of carbonyl (C=O) groups is 3. The fourth-order valence-electron chi connectivity index (χ4n) is 10.5. The van der Waals surface area contributed by atoms with Crippen molar-refractivity contribution in [1.29, 1.82) is 0 Å². The van der Waals surface area contributed by atoms with Gasteiger partial charge in [-0.25, -0.2) is 9.13 Å². The minimum absolute atomic E-state index is 0.0334. The molecule has 608 valence electrons. The van der Waals surface area contributed by atoms with Crippen molar-refractivity contribution in [3.8, 4) is 0 Å². The van der Waals surface area contributed by atoms with Gasteiger partial charge in [-0.15, -0.1) is 0 Å². The van der Waals surface area contributed by atoms with Crippen LogP contribution in [0, 0.1) is 0 Å². The molecule has 107 heavy (non-hydrogen) atoms. The Kier molecular flexibility index (Phi) is 76.2. The van der Waals surface area contributed by atoms with Gasteiger partial charge in [-0.05, 0) is 141 Å². The van der Waals surface area contributed by atoms with Gasteiger partial charge in [0.15, 0.2) is 6.10 Å². The van der Waals surface area contributed by atoms with E-state index in [9.17, 15) is 43.5 Å². The zero-order valence-electron chi connectivity index (χ0n) is 66.5. The second kappa shape index (κ2) is 80.2. The summed E-state index contributed by atoms with van der Waals surface area (Å²) in [5.41, 5.74) is 0. The van der Waals surface area contributed by atoms with Gasteiger partial charge in [-0.3, -0.25) is 32.5 Å². The lowest BCUT2D eigenvalue weighted by Crippen LogP contribution is -2.30. The Hall–Kier alpha value is -5.35. The molecule has 0 aliphatic carbocycles. The lowest BCUT2D eigenvalue weighted by Gasteiger charge is -2.21. The van der Waals surface area contributed by atoms with E-state index >= 15 is 0 Å². The number of aliphatic hydroxyl groups is 2.